The standard InChI is InChI=1S/C14H20N2O3/c1-10(17)9-15-6-4-11-2-3-13-12(8-11)16-14(18)5-7-19-13/h2-3,8,10,15,17H,4-7,9H2,1H3,(H,16,18). The molecular weight excluding hydrogens is 244 g/mol. The Labute approximate surface area is 113 Å². The average molecular weight is 264 g/mol. The summed E-state index contributed by atoms with van der Waals surface area (Å²) in [5, 5.41) is 15.2. The van der Waals surface area contributed by atoms with Crippen LogP contribution in [0.15, 0.2) is 18.2 Å². The molecule has 1 aliphatic heterocycles. The van der Waals surface area contributed by atoms with Gasteiger partial charge in [-0.15, -0.1) is 0 Å². The Bertz CT molecular complexity index is 446. The highest BCUT2D eigenvalue weighted by molar-refractivity contribution is 5.93. The highest BCUT2D eigenvalue weighted by Gasteiger charge is 2.13. The lowest BCUT2D eigenvalue weighted by atomic mass is 10.1. The van der Waals surface area contributed by atoms with Crippen molar-refractivity contribution in [2.45, 2.75) is 25.9 Å². The number of rotatable bonds is 5. The van der Waals surface area contributed by atoms with E-state index in [1.807, 2.05) is 18.2 Å². The summed E-state index contributed by atoms with van der Waals surface area (Å²) in [6.07, 6.45) is 0.898. The van der Waals surface area contributed by atoms with Crippen molar-refractivity contribution in [2.24, 2.45) is 0 Å². The molecule has 1 aromatic carbocycles. The van der Waals surface area contributed by atoms with Gasteiger partial charge in [0.15, 0.2) is 0 Å². The third-order valence-corrected chi connectivity index (χ3v) is 2.93. The molecule has 19 heavy (non-hydrogen) atoms. The van der Waals surface area contributed by atoms with Crippen LogP contribution in [-0.2, 0) is 11.2 Å². The monoisotopic (exact) mass is 264 g/mol. The molecule has 0 saturated carbocycles. The number of hydrogen-bond donors (Lipinski definition) is 3. The van der Waals surface area contributed by atoms with Crippen molar-refractivity contribution in [1.82, 2.24) is 5.32 Å². The molecule has 1 heterocycles. The Kier molecular flexibility index (Phi) is 4.76. The predicted molar refractivity (Wildman–Crippen MR) is 73.4 cm³/mol. The Morgan fingerprint density at radius 3 is 3.16 bits per heavy atom. The van der Waals surface area contributed by atoms with E-state index in [0.29, 0.717) is 19.6 Å². The fourth-order valence-corrected chi connectivity index (χ4v) is 1.97. The lowest BCUT2D eigenvalue weighted by Gasteiger charge is -2.10. The van der Waals surface area contributed by atoms with Gasteiger partial charge in [-0.25, -0.2) is 0 Å². The fraction of sp³-hybridized carbons (Fsp3) is 0.500. The molecule has 1 aromatic rings. The topological polar surface area (TPSA) is 70.6 Å². The Balaban J connectivity index is 1.94. The van der Waals surface area contributed by atoms with Gasteiger partial charge in [0.1, 0.15) is 5.75 Å². The molecule has 0 bridgehead atoms. The third-order valence-electron chi connectivity index (χ3n) is 2.93. The maximum absolute atomic E-state index is 11.5. The Morgan fingerprint density at radius 2 is 2.37 bits per heavy atom. The van der Waals surface area contributed by atoms with Crippen molar-refractivity contribution in [1.29, 1.82) is 0 Å². The summed E-state index contributed by atoms with van der Waals surface area (Å²) in [6.45, 7) is 3.56. The Hall–Kier alpha value is -1.59. The van der Waals surface area contributed by atoms with Gasteiger partial charge in [0.2, 0.25) is 5.91 Å². The van der Waals surface area contributed by atoms with Gasteiger partial charge in [0.05, 0.1) is 24.8 Å². The summed E-state index contributed by atoms with van der Waals surface area (Å²) >= 11 is 0. The largest absolute Gasteiger partial charge is 0.491 e. The summed E-state index contributed by atoms with van der Waals surface area (Å²) in [5.41, 5.74) is 1.87. The second-order valence-electron chi connectivity index (χ2n) is 4.78. The summed E-state index contributed by atoms with van der Waals surface area (Å²) < 4.78 is 5.50. The Morgan fingerprint density at radius 1 is 1.53 bits per heavy atom. The van der Waals surface area contributed by atoms with Gasteiger partial charge >= 0.3 is 0 Å². The molecule has 5 heteroatoms. The normalized spacial score (nSPS) is 16.0. The zero-order chi connectivity index (χ0) is 13.7. The lowest BCUT2D eigenvalue weighted by molar-refractivity contribution is -0.116. The average Bonchev–Trinajstić information content (AvgIpc) is 2.54. The lowest BCUT2D eigenvalue weighted by Crippen LogP contribution is -2.26. The van der Waals surface area contributed by atoms with Crippen molar-refractivity contribution < 1.29 is 14.6 Å². The SMILES string of the molecule is CC(O)CNCCc1ccc2c(c1)NC(=O)CCO2. The smallest absolute Gasteiger partial charge is 0.227 e. The van der Waals surface area contributed by atoms with E-state index in [2.05, 4.69) is 10.6 Å². The molecule has 0 radical (unpaired) electrons. The second kappa shape index (κ2) is 6.54. The molecule has 0 spiro atoms. The first kappa shape index (κ1) is 13.8. The number of carbonyl (C=O) groups excluding carboxylic acids is 1. The minimum Gasteiger partial charge on any atom is -0.491 e. The number of benzene rings is 1. The van der Waals surface area contributed by atoms with Crippen LogP contribution in [0.5, 0.6) is 5.75 Å². The zero-order valence-electron chi connectivity index (χ0n) is 11.1. The van der Waals surface area contributed by atoms with E-state index in [0.717, 1.165) is 30.0 Å². The molecule has 3 N–H and O–H groups in total. The number of ether oxygens (including phenoxy) is 1. The highest BCUT2D eigenvalue weighted by Crippen LogP contribution is 2.28. The number of fused-ring (bicyclic) bond motifs is 1. The summed E-state index contributed by atoms with van der Waals surface area (Å²) in [4.78, 5) is 11.5. The molecule has 0 aromatic heterocycles. The van der Waals surface area contributed by atoms with E-state index >= 15 is 0 Å². The zero-order valence-corrected chi connectivity index (χ0v) is 11.1. The van der Waals surface area contributed by atoms with Crippen LogP contribution in [0, 0.1) is 0 Å². The molecule has 1 atom stereocenters. The van der Waals surface area contributed by atoms with Gasteiger partial charge in [-0.05, 0) is 37.6 Å². The minimum absolute atomic E-state index is 0.0110. The first-order chi connectivity index (χ1) is 9.15. The van der Waals surface area contributed by atoms with Crippen molar-refractivity contribution in [2.75, 3.05) is 25.0 Å². The molecule has 2 rings (SSSR count). The van der Waals surface area contributed by atoms with E-state index < -0.39 is 0 Å². The van der Waals surface area contributed by atoms with Gasteiger partial charge in [0.25, 0.3) is 0 Å². The van der Waals surface area contributed by atoms with Crippen LogP contribution in [0.3, 0.4) is 0 Å². The quantitative estimate of drug-likeness (QED) is 0.692. The van der Waals surface area contributed by atoms with Crippen LogP contribution in [0.1, 0.15) is 18.9 Å². The van der Waals surface area contributed by atoms with E-state index in [1.54, 1.807) is 6.92 Å². The van der Waals surface area contributed by atoms with Crippen molar-refractivity contribution in [3.63, 3.8) is 0 Å². The van der Waals surface area contributed by atoms with Gasteiger partial charge in [-0.1, -0.05) is 6.07 Å². The maximum atomic E-state index is 11.5. The van der Waals surface area contributed by atoms with Crippen molar-refractivity contribution in [3.05, 3.63) is 23.8 Å². The van der Waals surface area contributed by atoms with Crippen molar-refractivity contribution in [3.8, 4) is 5.75 Å². The fourth-order valence-electron chi connectivity index (χ4n) is 1.97. The first-order valence-electron chi connectivity index (χ1n) is 6.59. The van der Waals surface area contributed by atoms with E-state index in [1.165, 1.54) is 0 Å². The molecule has 104 valence electrons. The third kappa shape index (κ3) is 4.22. The summed E-state index contributed by atoms with van der Waals surface area (Å²) in [5.74, 6) is 0.717. The van der Waals surface area contributed by atoms with Gasteiger partial charge < -0.3 is 20.5 Å². The minimum atomic E-state index is -0.334. The van der Waals surface area contributed by atoms with Crippen LogP contribution < -0.4 is 15.4 Å². The first-order valence-corrected chi connectivity index (χ1v) is 6.59. The van der Waals surface area contributed by atoms with Crippen molar-refractivity contribution >= 4 is 11.6 Å². The number of aliphatic hydroxyl groups excluding tert-OH is 1. The second-order valence-corrected chi connectivity index (χ2v) is 4.78. The number of anilines is 1. The molecule has 0 aliphatic carbocycles. The number of carbonyl (C=O) groups is 1. The van der Waals surface area contributed by atoms with Crippen LogP contribution in [-0.4, -0.2) is 36.8 Å². The highest BCUT2D eigenvalue weighted by atomic mass is 16.5. The van der Waals surface area contributed by atoms with Crippen LogP contribution in [0.2, 0.25) is 0 Å². The van der Waals surface area contributed by atoms with Crippen LogP contribution in [0.4, 0.5) is 5.69 Å². The van der Waals surface area contributed by atoms with Crippen LogP contribution >= 0.6 is 0 Å². The molecule has 0 fully saturated rings. The van der Waals surface area contributed by atoms with Gasteiger partial charge in [-0.3, -0.25) is 4.79 Å². The van der Waals surface area contributed by atoms with E-state index in [-0.39, 0.29) is 12.0 Å². The summed E-state index contributed by atoms with van der Waals surface area (Å²) in [6, 6.07) is 5.84. The number of aliphatic hydroxyl groups is 1. The molecule has 0 saturated heterocycles. The van der Waals surface area contributed by atoms with E-state index in [4.69, 9.17) is 9.84 Å². The van der Waals surface area contributed by atoms with Crippen LogP contribution in [0.25, 0.3) is 0 Å². The molecule has 5 nitrogen and oxygen atoms in total. The predicted octanol–water partition coefficient (Wildman–Crippen LogP) is 0.920. The number of hydrogen-bond acceptors (Lipinski definition) is 4. The molecule has 1 aliphatic rings. The maximum Gasteiger partial charge on any atom is 0.227 e. The van der Waals surface area contributed by atoms with Gasteiger partial charge in [0, 0.05) is 6.54 Å². The summed E-state index contributed by atoms with van der Waals surface area (Å²) in [7, 11) is 0. The number of amides is 1. The molecular formula is C14H20N2O3. The van der Waals surface area contributed by atoms with Gasteiger partial charge in [-0.2, -0.15) is 0 Å². The molecule has 1 amide bonds. The molecule has 1 unspecified atom stereocenters. The number of nitrogens with one attached hydrogen (secondary N) is 2. The van der Waals surface area contributed by atoms with E-state index in [9.17, 15) is 4.79 Å².